The molecule has 0 saturated heterocycles. The molecule has 10 heteroatoms. The lowest BCUT2D eigenvalue weighted by atomic mass is 10.1. The number of alkyl carbamates (subject to hydrolysis) is 1. The number of nitrogens with zero attached hydrogens (tertiary/aromatic N) is 1. The van der Waals surface area contributed by atoms with Crippen molar-refractivity contribution in [2.24, 2.45) is 0 Å². The van der Waals surface area contributed by atoms with Crippen LogP contribution in [0.25, 0.3) is 0 Å². The second-order valence-electron chi connectivity index (χ2n) is 15.3. The molecule has 3 N–H and O–H groups in total. The van der Waals surface area contributed by atoms with Gasteiger partial charge in [0.15, 0.2) is 0 Å². The van der Waals surface area contributed by atoms with Gasteiger partial charge in [0.1, 0.15) is 25.9 Å². The number of allylic oxidation sites excluding steroid dienone is 4. The zero-order chi connectivity index (χ0) is 41.0. The summed E-state index contributed by atoms with van der Waals surface area (Å²) >= 11 is 0. The molecule has 0 aliphatic carbocycles. The van der Waals surface area contributed by atoms with Crippen LogP contribution in [0.1, 0.15) is 194 Å². The monoisotopic (exact) mass is 795 g/mol. The smallest absolute Gasteiger partial charge is 0.407 e. The van der Waals surface area contributed by atoms with Crippen LogP contribution in [0.3, 0.4) is 0 Å². The van der Waals surface area contributed by atoms with Crippen LogP contribution in [-0.4, -0.2) is 91.9 Å². The van der Waals surface area contributed by atoms with Gasteiger partial charge in [-0.1, -0.05) is 141 Å². The number of hydrogen-bond donors (Lipinski definition) is 3. The number of ether oxygens (including phenoxy) is 3. The number of unbranched alkanes of at least 4 members (excludes halogenated alkanes) is 22. The zero-order valence-corrected chi connectivity index (χ0v) is 36.1. The van der Waals surface area contributed by atoms with Crippen LogP contribution in [0.5, 0.6) is 0 Å². The number of esters is 2. The summed E-state index contributed by atoms with van der Waals surface area (Å²) in [5.74, 6) is -0.683. The van der Waals surface area contributed by atoms with Gasteiger partial charge in [-0.3, -0.25) is 14.5 Å². The first-order valence-electron chi connectivity index (χ1n) is 22.9. The lowest BCUT2D eigenvalue weighted by Crippen LogP contribution is -2.43. The molecule has 0 unspecified atom stereocenters. The molecular formula is C46H86N2O8. The van der Waals surface area contributed by atoms with Gasteiger partial charge in [0.05, 0.1) is 13.2 Å². The van der Waals surface area contributed by atoms with Crippen molar-refractivity contribution in [3.63, 3.8) is 0 Å². The van der Waals surface area contributed by atoms with E-state index >= 15 is 0 Å². The minimum atomic E-state index is -0.746. The Morgan fingerprint density at radius 3 is 1.23 bits per heavy atom. The molecule has 0 atom stereocenters. The fourth-order valence-corrected chi connectivity index (χ4v) is 6.44. The van der Waals surface area contributed by atoms with Crippen molar-refractivity contribution in [1.29, 1.82) is 0 Å². The van der Waals surface area contributed by atoms with Crippen LogP contribution < -0.4 is 5.32 Å². The second-order valence-corrected chi connectivity index (χ2v) is 15.3. The lowest BCUT2D eigenvalue weighted by molar-refractivity contribution is -0.147. The third-order valence-corrected chi connectivity index (χ3v) is 9.97. The van der Waals surface area contributed by atoms with Crippen molar-refractivity contribution < 1.29 is 38.8 Å². The summed E-state index contributed by atoms with van der Waals surface area (Å²) in [6.45, 7) is 5.21. The number of aliphatic hydroxyl groups excluding tert-OH is 2. The fourth-order valence-electron chi connectivity index (χ4n) is 6.44. The Labute approximate surface area is 343 Å². The predicted molar refractivity (Wildman–Crippen MR) is 230 cm³/mol. The highest BCUT2D eigenvalue weighted by Crippen LogP contribution is 2.12. The van der Waals surface area contributed by atoms with Crippen molar-refractivity contribution in [2.75, 3.05) is 52.7 Å². The second kappa shape index (κ2) is 43.7. The average molecular weight is 795 g/mol. The van der Waals surface area contributed by atoms with Gasteiger partial charge < -0.3 is 29.7 Å². The van der Waals surface area contributed by atoms with Gasteiger partial charge in [-0.25, -0.2) is 4.79 Å². The number of nitrogens with one attached hydrogen (secondary N) is 1. The Hall–Kier alpha value is -2.43. The molecule has 0 rings (SSSR count). The Balaban J connectivity index is 4.38. The molecule has 0 aromatic carbocycles. The zero-order valence-electron chi connectivity index (χ0n) is 36.1. The molecule has 0 bridgehead atoms. The van der Waals surface area contributed by atoms with E-state index in [-0.39, 0.29) is 45.0 Å². The van der Waals surface area contributed by atoms with E-state index in [4.69, 9.17) is 14.2 Å². The summed E-state index contributed by atoms with van der Waals surface area (Å²) in [5.41, 5.74) is 0. The highest BCUT2D eigenvalue weighted by molar-refractivity contribution is 5.70. The Morgan fingerprint density at radius 1 is 0.500 bits per heavy atom. The topological polar surface area (TPSA) is 135 Å². The molecule has 328 valence electrons. The molecule has 0 aromatic rings. The first-order chi connectivity index (χ1) is 27.5. The van der Waals surface area contributed by atoms with Gasteiger partial charge in [-0.05, 0) is 64.2 Å². The number of carbonyl (C=O) groups excluding carboxylic acids is 3. The minimum Gasteiger partial charge on any atom is -0.463 e. The molecule has 0 saturated carbocycles. The van der Waals surface area contributed by atoms with Gasteiger partial charge in [0.2, 0.25) is 0 Å². The molecule has 10 nitrogen and oxygen atoms in total. The molecular weight excluding hydrogens is 709 g/mol. The normalized spacial score (nSPS) is 12.2. The lowest BCUT2D eigenvalue weighted by Gasteiger charge is -2.21. The van der Waals surface area contributed by atoms with Crippen molar-refractivity contribution in [2.45, 2.75) is 200 Å². The van der Waals surface area contributed by atoms with E-state index in [9.17, 15) is 24.6 Å². The third kappa shape index (κ3) is 39.8. The minimum absolute atomic E-state index is 0.0447. The van der Waals surface area contributed by atoms with Crippen LogP contribution in [0.2, 0.25) is 0 Å². The quantitative estimate of drug-likeness (QED) is 0.0239. The van der Waals surface area contributed by atoms with E-state index < -0.39 is 12.1 Å². The Morgan fingerprint density at radius 2 is 0.857 bits per heavy atom. The van der Waals surface area contributed by atoms with Gasteiger partial charge in [0, 0.05) is 32.5 Å². The first-order valence-corrected chi connectivity index (χ1v) is 22.9. The molecule has 0 aliphatic rings. The summed E-state index contributed by atoms with van der Waals surface area (Å²) in [4.78, 5) is 39.4. The van der Waals surface area contributed by atoms with Crippen LogP contribution in [-0.2, 0) is 23.8 Å². The van der Waals surface area contributed by atoms with Crippen LogP contribution in [0.4, 0.5) is 4.79 Å². The average Bonchev–Trinajstić information content (AvgIpc) is 3.19. The van der Waals surface area contributed by atoms with Crippen molar-refractivity contribution in [3.8, 4) is 0 Å². The maximum Gasteiger partial charge on any atom is 0.407 e. The SMILES string of the molecule is CCCCCCCCC=CCCCCCCCC(=O)OCC(COC(=O)CCCCCCCC=CCCCCCCCC)NC(=O)OCCN(CCO)CCO. The highest BCUT2D eigenvalue weighted by Gasteiger charge is 2.19. The summed E-state index contributed by atoms with van der Waals surface area (Å²) in [6, 6.07) is -0.746. The molecule has 0 heterocycles. The summed E-state index contributed by atoms with van der Waals surface area (Å²) in [7, 11) is 0. The maximum atomic E-state index is 12.6. The molecule has 0 fully saturated rings. The third-order valence-electron chi connectivity index (χ3n) is 9.97. The molecule has 1 amide bonds. The van der Waals surface area contributed by atoms with E-state index in [1.807, 2.05) is 0 Å². The van der Waals surface area contributed by atoms with Gasteiger partial charge >= 0.3 is 18.0 Å². The van der Waals surface area contributed by atoms with E-state index in [0.717, 1.165) is 77.0 Å². The largest absolute Gasteiger partial charge is 0.463 e. The van der Waals surface area contributed by atoms with Crippen LogP contribution in [0, 0.1) is 0 Å². The van der Waals surface area contributed by atoms with Gasteiger partial charge in [0.25, 0.3) is 0 Å². The highest BCUT2D eigenvalue weighted by atomic mass is 16.6. The predicted octanol–water partition coefficient (Wildman–Crippen LogP) is 10.5. The Bertz CT molecular complexity index is 882. The van der Waals surface area contributed by atoms with E-state index in [0.29, 0.717) is 32.5 Å². The summed E-state index contributed by atoms with van der Waals surface area (Å²) in [5, 5.41) is 21.1. The standard InChI is InChI=1S/C46H86N2O8/c1-3-5-7-9-11-13-15-17-19-21-23-25-27-29-31-33-44(51)55-41-43(47-46(53)54-40-37-48(35-38-49)36-39-50)42-56-45(52)34-32-30-28-26-24-22-20-18-16-14-12-10-8-6-4-2/h17-20,43,49-50H,3-16,21-42H2,1-2H3,(H,47,53). The van der Waals surface area contributed by atoms with Crippen molar-refractivity contribution in [3.05, 3.63) is 24.3 Å². The van der Waals surface area contributed by atoms with Crippen LogP contribution >= 0.6 is 0 Å². The number of carbonyl (C=O) groups is 3. The van der Waals surface area contributed by atoms with E-state index in [1.165, 1.54) is 89.9 Å². The van der Waals surface area contributed by atoms with Gasteiger partial charge in [-0.15, -0.1) is 0 Å². The van der Waals surface area contributed by atoms with Crippen LogP contribution in [0.15, 0.2) is 24.3 Å². The summed E-state index contributed by atoms with van der Waals surface area (Å²) in [6.07, 6.45) is 39.9. The molecule has 0 spiro atoms. The molecule has 0 aromatic heterocycles. The Kier molecular flexibility index (Phi) is 41.8. The first kappa shape index (κ1) is 53.6. The van der Waals surface area contributed by atoms with E-state index in [2.05, 4.69) is 43.5 Å². The number of hydrogen-bond acceptors (Lipinski definition) is 9. The van der Waals surface area contributed by atoms with Crippen molar-refractivity contribution in [1.82, 2.24) is 10.2 Å². The number of aliphatic hydroxyl groups is 2. The molecule has 0 aliphatic heterocycles. The summed E-state index contributed by atoms with van der Waals surface area (Å²) < 4.78 is 16.2. The maximum absolute atomic E-state index is 12.6. The van der Waals surface area contributed by atoms with Crippen molar-refractivity contribution >= 4 is 18.0 Å². The fraction of sp³-hybridized carbons (Fsp3) is 0.848. The molecule has 56 heavy (non-hydrogen) atoms. The molecule has 0 radical (unpaired) electrons. The number of amides is 1. The number of rotatable bonds is 42. The van der Waals surface area contributed by atoms with Gasteiger partial charge in [-0.2, -0.15) is 0 Å². The van der Waals surface area contributed by atoms with E-state index in [1.54, 1.807) is 4.90 Å².